The number of unbranched alkanes of at least 4 members (excludes halogenated alkanes) is 1. The average molecular weight is 327 g/mol. The summed E-state index contributed by atoms with van der Waals surface area (Å²) in [4.78, 5) is 12.0. The van der Waals surface area contributed by atoms with Gasteiger partial charge in [-0.1, -0.05) is 19.4 Å². The summed E-state index contributed by atoms with van der Waals surface area (Å²) in [6.07, 6.45) is 6.75. The van der Waals surface area contributed by atoms with Crippen LogP contribution in [0.1, 0.15) is 66.2 Å². The van der Waals surface area contributed by atoms with Gasteiger partial charge in [-0.05, 0) is 40.0 Å². The predicted octanol–water partition coefficient (Wildman–Crippen LogP) is 4.17. The lowest BCUT2D eigenvalue weighted by Crippen LogP contribution is -2.40. The zero-order chi connectivity index (χ0) is 17.3. The fourth-order valence-corrected chi connectivity index (χ4v) is 2.68. The molecule has 1 heterocycles. The van der Waals surface area contributed by atoms with Crippen molar-refractivity contribution in [2.75, 3.05) is 13.2 Å². The summed E-state index contributed by atoms with van der Waals surface area (Å²) in [5.74, 6) is -0.481. The molecular formula is C18H33NO4. The second-order valence-electron chi connectivity index (χ2n) is 7.12. The molecule has 1 N–H and O–H groups in total. The van der Waals surface area contributed by atoms with Gasteiger partial charge in [-0.3, -0.25) is 0 Å². The molecule has 5 nitrogen and oxygen atoms in total. The third kappa shape index (κ3) is 7.84. The Balaban J connectivity index is 2.53. The molecule has 0 aliphatic carbocycles. The van der Waals surface area contributed by atoms with Crippen molar-refractivity contribution in [1.82, 2.24) is 5.32 Å². The first-order chi connectivity index (χ1) is 10.8. The summed E-state index contributed by atoms with van der Waals surface area (Å²) in [5, 5.41) is 2.93. The van der Waals surface area contributed by atoms with Gasteiger partial charge in [-0.15, -0.1) is 6.58 Å². The van der Waals surface area contributed by atoms with Crippen molar-refractivity contribution in [2.24, 2.45) is 0 Å². The van der Waals surface area contributed by atoms with Crippen LogP contribution in [0, 0.1) is 0 Å². The van der Waals surface area contributed by atoms with Gasteiger partial charge in [-0.2, -0.15) is 0 Å². The molecule has 23 heavy (non-hydrogen) atoms. The molecule has 0 aromatic carbocycles. The number of carbonyl (C=O) groups is 1. The molecule has 1 aliphatic heterocycles. The smallest absolute Gasteiger partial charge is 0.407 e. The van der Waals surface area contributed by atoms with Crippen LogP contribution in [0.25, 0.3) is 0 Å². The van der Waals surface area contributed by atoms with E-state index in [1.54, 1.807) is 0 Å². The van der Waals surface area contributed by atoms with Crippen LogP contribution in [0.2, 0.25) is 0 Å². The van der Waals surface area contributed by atoms with Crippen LogP contribution in [0.15, 0.2) is 12.7 Å². The van der Waals surface area contributed by atoms with Crippen molar-refractivity contribution in [3.63, 3.8) is 0 Å². The highest BCUT2D eigenvalue weighted by Crippen LogP contribution is 2.31. The van der Waals surface area contributed by atoms with Gasteiger partial charge in [0.25, 0.3) is 0 Å². The molecule has 0 spiro atoms. The fraction of sp³-hybridized carbons (Fsp3) is 0.833. The third-order valence-electron chi connectivity index (χ3n) is 3.77. The normalized spacial score (nSPS) is 18.4. The zero-order valence-corrected chi connectivity index (χ0v) is 15.2. The lowest BCUT2D eigenvalue weighted by atomic mass is 9.98. The van der Waals surface area contributed by atoms with Crippen LogP contribution in [0.4, 0.5) is 4.79 Å². The highest BCUT2D eigenvalue weighted by atomic mass is 16.7. The Hall–Kier alpha value is -1.07. The van der Waals surface area contributed by atoms with Crippen LogP contribution in [0.5, 0.6) is 0 Å². The molecule has 0 saturated carbocycles. The van der Waals surface area contributed by atoms with Gasteiger partial charge in [0, 0.05) is 18.9 Å². The fourth-order valence-electron chi connectivity index (χ4n) is 2.68. The summed E-state index contributed by atoms with van der Waals surface area (Å²) in [6, 6.07) is -0.0198. The van der Waals surface area contributed by atoms with E-state index in [-0.39, 0.29) is 12.1 Å². The van der Waals surface area contributed by atoms with Crippen LogP contribution in [-0.2, 0) is 14.2 Å². The quantitative estimate of drug-likeness (QED) is 0.646. The minimum atomic E-state index is -0.497. The minimum Gasteiger partial charge on any atom is -0.444 e. The number of alkyl carbamates (subject to hydrolysis) is 1. The Labute approximate surface area is 140 Å². The maximum atomic E-state index is 12.0. The lowest BCUT2D eigenvalue weighted by molar-refractivity contribution is -0.169. The third-order valence-corrected chi connectivity index (χ3v) is 3.77. The van der Waals surface area contributed by atoms with Crippen molar-refractivity contribution in [3.05, 3.63) is 12.7 Å². The molecule has 1 amide bonds. The van der Waals surface area contributed by atoms with Gasteiger partial charge in [0.05, 0.1) is 13.2 Å². The molecule has 1 aliphatic rings. The maximum absolute atomic E-state index is 12.0. The first-order valence-electron chi connectivity index (χ1n) is 8.68. The van der Waals surface area contributed by atoms with E-state index >= 15 is 0 Å². The Bertz CT molecular complexity index is 370. The SMILES string of the molecule is C=CCC(CCC1(CCCC)OCCO1)NC(=O)OC(C)(C)C. The minimum absolute atomic E-state index is 0.0198. The molecule has 1 saturated heterocycles. The van der Waals surface area contributed by atoms with Crippen LogP contribution >= 0.6 is 0 Å². The summed E-state index contributed by atoms with van der Waals surface area (Å²) >= 11 is 0. The van der Waals surface area contributed by atoms with Crippen molar-refractivity contribution in [3.8, 4) is 0 Å². The molecule has 1 rings (SSSR count). The first-order valence-corrected chi connectivity index (χ1v) is 8.68. The Morgan fingerprint density at radius 2 is 2.00 bits per heavy atom. The summed E-state index contributed by atoms with van der Waals surface area (Å²) < 4.78 is 17.1. The number of nitrogens with one attached hydrogen (secondary N) is 1. The largest absolute Gasteiger partial charge is 0.444 e. The number of hydrogen-bond donors (Lipinski definition) is 1. The molecule has 0 aromatic heterocycles. The van der Waals surface area contributed by atoms with E-state index < -0.39 is 11.4 Å². The number of rotatable bonds is 9. The second kappa shape index (κ2) is 9.28. The van der Waals surface area contributed by atoms with Gasteiger partial charge in [0.15, 0.2) is 5.79 Å². The van der Waals surface area contributed by atoms with Crippen LogP contribution in [0.3, 0.4) is 0 Å². The average Bonchev–Trinajstić information content (AvgIpc) is 2.90. The highest BCUT2D eigenvalue weighted by molar-refractivity contribution is 5.68. The molecule has 1 atom stereocenters. The molecule has 0 radical (unpaired) electrons. The number of carbonyl (C=O) groups excluding carboxylic acids is 1. The standard InChI is InChI=1S/C18H33NO4/c1-6-8-11-18(21-13-14-22-18)12-10-15(9-7-2)19-16(20)23-17(3,4)5/h7,15H,2,6,8-14H2,1,3-5H3,(H,19,20). The van der Waals surface area contributed by atoms with E-state index in [0.717, 1.165) is 32.1 Å². The van der Waals surface area contributed by atoms with Gasteiger partial charge < -0.3 is 19.5 Å². The summed E-state index contributed by atoms with van der Waals surface area (Å²) in [5.41, 5.74) is -0.497. The maximum Gasteiger partial charge on any atom is 0.407 e. The van der Waals surface area contributed by atoms with Gasteiger partial charge in [0.1, 0.15) is 5.60 Å². The molecule has 0 bridgehead atoms. The summed E-state index contributed by atoms with van der Waals surface area (Å²) in [7, 11) is 0. The van der Waals surface area contributed by atoms with E-state index in [2.05, 4.69) is 18.8 Å². The molecule has 0 aromatic rings. The Morgan fingerprint density at radius 3 is 2.52 bits per heavy atom. The second-order valence-corrected chi connectivity index (χ2v) is 7.12. The monoisotopic (exact) mass is 327 g/mol. The van der Waals surface area contributed by atoms with Gasteiger partial charge in [0.2, 0.25) is 0 Å². The van der Waals surface area contributed by atoms with Gasteiger partial charge in [-0.25, -0.2) is 4.79 Å². The van der Waals surface area contributed by atoms with E-state index in [1.807, 2.05) is 26.8 Å². The van der Waals surface area contributed by atoms with Crippen molar-refractivity contribution < 1.29 is 19.0 Å². The topological polar surface area (TPSA) is 56.8 Å². The lowest BCUT2D eigenvalue weighted by Gasteiger charge is -2.30. The molecule has 1 fully saturated rings. The Kier molecular flexibility index (Phi) is 8.06. The van der Waals surface area contributed by atoms with Crippen molar-refractivity contribution >= 4 is 6.09 Å². The predicted molar refractivity (Wildman–Crippen MR) is 91.4 cm³/mol. The van der Waals surface area contributed by atoms with Crippen molar-refractivity contribution in [2.45, 2.75) is 83.6 Å². The van der Waals surface area contributed by atoms with E-state index in [0.29, 0.717) is 19.6 Å². The van der Waals surface area contributed by atoms with E-state index in [4.69, 9.17) is 14.2 Å². The first kappa shape index (κ1) is 20.0. The van der Waals surface area contributed by atoms with E-state index in [9.17, 15) is 4.79 Å². The highest BCUT2D eigenvalue weighted by Gasteiger charge is 2.36. The van der Waals surface area contributed by atoms with Crippen LogP contribution < -0.4 is 5.32 Å². The van der Waals surface area contributed by atoms with Crippen LogP contribution in [-0.4, -0.2) is 36.7 Å². The summed E-state index contributed by atoms with van der Waals surface area (Å²) in [6.45, 7) is 12.8. The Morgan fingerprint density at radius 1 is 1.35 bits per heavy atom. The number of hydrogen-bond acceptors (Lipinski definition) is 4. The molecular weight excluding hydrogens is 294 g/mol. The molecule has 1 unspecified atom stereocenters. The molecule has 134 valence electrons. The van der Waals surface area contributed by atoms with Crippen molar-refractivity contribution in [1.29, 1.82) is 0 Å². The molecule has 5 heteroatoms. The number of ether oxygens (including phenoxy) is 3. The zero-order valence-electron chi connectivity index (χ0n) is 15.2. The van der Waals surface area contributed by atoms with E-state index in [1.165, 1.54) is 0 Å². The van der Waals surface area contributed by atoms with Gasteiger partial charge >= 0.3 is 6.09 Å². The number of amides is 1.